The molecule has 0 unspecified atom stereocenters. The van der Waals surface area contributed by atoms with Crippen molar-refractivity contribution in [2.24, 2.45) is 0 Å². The number of hydrogen-bond donors (Lipinski definition) is 0. The first kappa shape index (κ1) is 34.8. The SMILES string of the molecule is CC1(C)c2cc3ccccc3cc2-c2cccc(-c3ccc(-c4cc(-c5ccc(-c6ccccc6)cc5)nc(-c5ccc(-c6ccccc6)cc5)n4)c4ccccc34)c21. The van der Waals surface area contributed by atoms with E-state index in [2.05, 4.69) is 220 Å². The van der Waals surface area contributed by atoms with E-state index in [-0.39, 0.29) is 5.41 Å². The van der Waals surface area contributed by atoms with Crippen LogP contribution in [0.2, 0.25) is 0 Å². The van der Waals surface area contributed by atoms with E-state index in [9.17, 15) is 0 Å². The van der Waals surface area contributed by atoms with Gasteiger partial charge in [0, 0.05) is 22.1 Å². The smallest absolute Gasteiger partial charge is 0.160 e. The lowest BCUT2D eigenvalue weighted by molar-refractivity contribution is 0.663. The number of aromatic nitrogens is 2. The van der Waals surface area contributed by atoms with E-state index in [1.165, 1.54) is 66.2 Å². The molecule has 1 heterocycles. The standard InChI is InChI=1S/C57H40N2/c1-57(2)52-35-44-19-10-9-18-43(44)34-51(52)50-23-13-22-49(55(50)57)47-32-33-48(46-21-12-11-20-45(46)47)54-36-53(41-28-24-39(25-29-41)37-14-5-3-6-15-37)58-56(59-54)42-30-26-40(27-31-42)38-16-7-4-8-17-38/h3-36H,1-2H3. The third kappa shape index (κ3) is 5.96. The maximum Gasteiger partial charge on any atom is 0.160 e. The lowest BCUT2D eigenvalue weighted by Crippen LogP contribution is -2.16. The van der Waals surface area contributed by atoms with Crippen LogP contribution in [0.15, 0.2) is 206 Å². The van der Waals surface area contributed by atoms with Crippen molar-refractivity contribution in [1.82, 2.24) is 9.97 Å². The molecule has 0 saturated heterocycles. The summed E-state index contributed by atoms with van der Waals surface area (Å²) in [6.45, 7) is 4.77. The highest BCUT2D eigenvalue weighted by Crippen LogP contribution is 2.54. The minimum atomic E-state index is -0.173. The van der Waals surface area contributed by atoms with Crippen molar-refractivity contribution in [3.63, 3.8) is 0 Å². The second kappa shape index (κ2) is 13.9. The van der Waals surface area contributed by atoms with Gasteiger partial charge in [-0.05, 0) is 95.4 Å². The van der Waals surface area contributed by atoms with Gasteiger partial charge in [0.25, 0.3) is 0 Å². The Balaban J connectivity index is 1.06. The van der Waals surface area contributed by atoms with Gasteiger partial charge in [0.2, 0.25) is 0 Å². The maximum absolute atomic E-state index is 5.34. The van der Waals surface area contributed by atoms with Crippen LogP contribution in [-0.2, 0) is 5.41 Å². The topological polar surface area (TPSA) is 25.8 Å². The van der Waals surface area contributed by atoms with Crippen molar-refractivity contribution in [2.45, 2.75) is 19.3 Å². The van der Waals surface area contributed by atoms with Gasteiger partial charge in [-0.25, -0.2) is 9.97 Å². The van der Waals surface area contributed by atoms with Crippen LogP contribution in [0.3, 0.4) is 0 Å². The van der Waals surface area contributed by atoms with Crippen molar-refractivity contribution in [3.8, 4) is 78.4 Å². The molecule has 0 bridgehead atoms. The highest BCUT2D eigenvalue weighted by molar-refractivity contribution is 6.07. The molecule has 278 valence electrons. The Morgan fingerprint density at radius 3 is 1.44 bits per heavy atom. The molecule has 0 fully saturated rings. The molecule has 9 aromatic carbocycles. The fourth-order valence-corrected chi connectivity index (χ4v) is 9.32. The van der Waals surface area contributed by atoms with Crippen LogP contribution < -0.4 is 0 Å². The fourth-order valence-electron chi connectivity index (χ4n) is 9.32. The normalized spacial score (nSPS) is 12.7. The molecule has 1 aromatic heterocycles. The van der Waals surface area contributed by atoms with Crippen molar-refractivity contribution in [1.29, 1.82) is 0 Å². The molecule has 2 heteroatoms. The van der Waals surface area contributed by atoms with Gasteiger partial charge >= 0.3 is 0 Å². The summed E-state index contributed by atoms with van der Waals surface area (Å²) in [6.07, 6.45) is 0. The predicted octanol–water partition coefficient (Wildman–Crippen LogP) is 15.1. The Morgan fingerprint density at radius 2 is 0.797 bits per heavy atom. The van der Waals surface area contributed by atoms with Crippen molar-refractivity contribution >= 4 is 21.5 Å². The summed E-state index contributed by atoms with van der Waals surface area (Å²) in [5, 5.41) is 4.93. The molecule has 2 nitrogen and oxygen atoms in total. The Labute approximate surface area is 345 Å². The van der Waals surface area contributed by atoms with E-state index in [0.29, 0.717) is 5.82 Å². The van der Waals surface area contributed by atoms with Gasteiger partial charge in [-0.3, -0.25) is 0 Å². The van der Waals surface area contributed by atoms with Crippen LogP contribution in [0.1, 0.15) is 25.0 Å². The molecule has 0 amide bonds. The lowest BCUT2D eigenvalue weighted by Gasteiger charge is -2.25. The first-order chi connectivity index (χ1) is 29.0. The van der Waals surface area contributed by atoms with Crippen LogP contribution in [-0.4, -0.2) is 9.97 Å². The Bertz CT molecular complexity index is 3100. The Kier molecular flexibility index (Phi) is 8.20. The molecule has 11 rings (SSSR count). The highest BCUT2D eigenvalue weighted by Gasteiger charge is 2.38. The predicted molar refractivity (Wildman–Crippen MR) is 247 cm³/mol. The number of rotatable bonds is 6. The number of fused-ring (bicyclic) bond motifs is 5. The summed E-state index contributed by atoms with van der Waals surface area (Å²) in [4.78, 5) is 10.6. The zero-order valence-corrected chi connectivity index (χ0v) is 33.0. The van der Waals surface area contributed by atoms with Crippen molar-refractivity contribution in [2.75, 3.05) is 0 Å². The largest absolute Gasteiger partial charge is 0.228 e. The Hall–Kier alpha value is -7.42. The van der Waals surface area contributed by atoms with E-state index in [0.717, 1.165) is 39.0 Å². The molecular weight excluding hydrogens is 713 g/mol. The van der Waals surface area contributed by atoms with Gasteiger partial charge < -0.3 is 0 Å². The summed E-state index contributed by atoms with van der Waals surface area (Å²) < 4.78 is 0. The van der Waals surface area contributed by atoms with E-state index >= 15 is 0 Å². The van der Waals surface area contributed by atoms with E-state index < -0.39 is 0 Å². The summed E-state index contributed by atoms with van der Waals surface area (Å²) in [5.41, 5.74) is 17.4. The molecule has 0 atom stereocenters. The third-order valence-corrected chi connectivity index (χ3v) is 12.3. The van der Waals surface area contributed by atoms with Gasteiger partial charge in [0.15, 0.2) is 5.82 Å². The molecule has 0 N–H and O–H groups in total. The van der Waals surface area contributed by atoms with Crippen LogP contribution in [0.4, 0.5) is 0 Å². The minimum Gasteiger partial charge on any atom is -0.228 e. The quantitative estimate of drug-likeness (QED) is 0.169. The zero-order valence-electron chi connectivity index (χ0n) is 33.0. The van der Waals surface area contributed by atoms with Gasteiger partial charge in [-0.2, -0.15) is 0 Å². The monoisotopic (exact) mass is 752 g/mol. The first-order valence-electron chi connectivity index (χ1n) is 20.4. The number of benzene rings is 9. The van der Waals surface area contributed by atoms with Crippen molar-refractivity contribution in [3.05, 3.63) is 217 Å². The summed E-state index contributed by atoms with van der Waals surface area (Å²) in [5.74, 6) is 0.699. The molecule has 0 saturated carbocycles. The zero-order chi connectivity index (χ0) is 39.5. The molecule has 0 aliphatic heterocycles. The molecular formula is C57H40N2. The lowest BCUT2D eigenvalue weighted by atomic mass is 9.78. The maximum atomic E-state index is 5.34. The van der Waals surface area contributed by atoms with E-state index in [4.69, 9.17) is 9.97 Å². The second-order valence-electron chi connectivity index (χ2n) is 16.2. The second-order valence-corrected chi connectivity index (χ2v) is 16.2. The summed E-state index contributed by atoms with van der Waals surface area (Å²) >= 11 is 0. The minimum absolute atomic E-state index is 0.173. The number of nitrogens with zero attached hydrogens (tertiary/aromatic N) is 2. The van der Waals surface area contributed by atoms with Crippen molar-refractivity contribution < 1.29 is 0 Å². The first-order valence-corrected chi connectivity index (χ1v) is 20.4. The average molecular weight is 753 g/mol. The molecule has 10 aromatic rings. The van der Waals surface area contributed by atoms with Gasteiger partial charge in [-0.15, -0.1) is 0 Å². The fraction of sp³-hybridized carbons (Fsp3) is 0.0526. The molecule has 1 aliphatic carbocycles. The number of hydrogen-bond acceptors (Lipinski definition) is 2. The van der Waals surface area contributed by atoms with Gasteiger partial charge in [0.1, 0.15) is 0 Å². The van der Waals surface area contributed by atoms with Gasteiger partial charge in [-0.1, -0.05) is 202 Å². The van der Waals surface area contributed by atoms with E-state index in [1.807, 2.05) is 0 Å². The molecule has 0 spiro atoms. The van der Waals surface area contributed by atoms with Crippen LogP contribution >= 0.6 is 0 Å². The van der Waals surface area contributed by atoms with Crippen LogP contribution in [0, 0.1) is 0 Å². The molecule has 59 heavy (non-hydrogen) atoms. The third-order valence-electron chi connectivity index (χ3n) is 12.3. The Morgan fingerprint density at radius 1 is 0.322 bits per heavy atom. The molecule has 0 radical (unpaired) electrons. The average Bonchev–Trinajstić information content (AvgIpc) is 3.53. The molecule has 1 aliphatic rings. The summed E-state index contributed by atoms with van der Waals surface area (Å²) in [6, 6.07) is 74.3. The van der Waals surface area contributed by atoms with Crippen LogP contribution in [0.5, 0.6) is 0 Å². The van der Waals surface area contributed by atoms with Gasteiger partial charge in [0.05, 0.1) is 11.4 Å². The van der Waals surface area contributed by atoms with Crippen LogP contribution in [0.25, 0.3) is 100.0 Å². The van der Waals surface area contributed by atoms with E-state index in [1.54, 1.807) is 0 Å². The summed E-state index contributed by atoms with van der Waals surface area (Å²) in [7, 11) is 0. The highest BCUT2D eigenvalue weighted by atomic mass is 14.9.